The van der Waals surface area contributed by atoms with Gasteiger partial charge in [0.05, 0.1) is 6.04 Å². The van der Waals surface area contributed by atoms with Gasteiger partial charge in [-0.2, -0.15) is 0 Å². The molecule has 0 radical (unpaired) electrons. The summed E-state index contributed by atoms with van der Waals surface area (Å²) in [6, 6.07) is 24.4. The van der Waals surface area contributed by atoms with Crippen molar-refractivity contribution in [2.24, 2.45) is 5.41 Å². The lowest BCUT2D eigenvalue weighted by Crippen LogP contribution is -2.34. The van der Waals surface area contributed by atoms with E-state index in [1.165, 1.54) is 33.5 Å². The van der Waals surface area contributed by atoms with Crippen LogP contribution in [0, 0.1) is 5.41 Å². The average Bonchev–Trinajstić information content (AvgIpc) is 2.67. The quantitative estimate of drug-likeness (QED) is 0.480. The van der Waals surface area contributed by atoms with E-state index in [-0.39, 0.29) is 11.5 Å². The highest BCUT2D eigenvalue weighted by molar-refractivity contribution is 6.30. The Hall–Kier alpha value is -2.25. The van der Waals surface area contributed by atoms with Crippen LogP contribution in [0.2, 0.25) is 5.02 Å². The molecule has 1 N–H and O–H groups in total. The topological polar surface area (TPSA) is 12.0 Å². The molecule has 1 heterocycles. The lowest BCUT2D eigenvalue weighted by Gasteiger charge is -2.41. The molecule has 1 nitrogen and oxygen atoms in total. The largest absolute Gasteiger partial charge is 0.377 e. The highest BCUT2D eigenvalue weighted by atomic mass is 35.5. The number of hydrogen-bond donors (Lipinski definition) is 1. The van der Waals surface area contributed by atoms with Gasteiger partial charge in [0.2, 0.25) is 0 Å². The number of halogens is 1. The first-order valence-corrected chi connectivity index (χ1v) is 10.5. The molecule has 1 aliphatic rings. The number of benzene rings is 3. The van der Waals surface area contributed by atoms with Crippen molar-refractivity contribution in [3.8, 4) is 11.1 Å². The van der Waals surface area contributed by atoms with Crippen molar-refractivity contribution in [3.05, 3.63) is 88.4 Å². The number of anilines is 1. The minimum atomic E-state index is 0.0950. The summed E-state index contributed by atoms with van der Waals surface area (Å²) < 4.78 is 0. The predicted octanol–water partition coefficient (Wildman–Crippen LogP) is 7.87. The Bertz CT molecular complexity index is 986. The summed E-state index contributed by atoms with van der Waals surface area (Å²) >= 11 is 6.21. The summed E-state index contributed by atoms with van der Waals surface area (Å²) in [5.74, 6) is 0.557. The molecule has 1 aliphatic heterocycles. The van der Waals surface area contributed by atoms with Crippen LogP contribution in [0.5, 0.6) is 0 Å². The van der Waals surface area contributed by atoms with Crippen LogP contribution in [0.3, 0.4) is 0 Å². The second-order valence-corrected chi connectivity index (χ2v) is 9.38. The van der Waals surface area contributed by atoms with E-state index in [0.717, 1.165) is 11.4 Å². The zero-order valence-corrected chi connectivity index (χ0v) is 17.8. The van der Waals surface area contributed by atoms with E-state index in [1.807, 2.05) is 6.07 Å². The second-order valence-electron chi connectivity index (χ2n) is 8.95. The van der Waals surface area contributed by atoms with E-state index in [2.05, 4.69) is 93.7 Å². The third-order valence-electron chi connectivity index (χ3n) is 5.93. The zero-order chi connectivity index (χ0) is 19.9. The summed E-state index contributed by atoms with van der Waals surface area (Å²) in [5, 5.41) is 4.58. The standard InChI is InChI=1S/C26H28ClN/c1-17(2)18-8-10-19(11-9-18)20-6-5-7-21(14-20)25-26(3,4)16-22-15-23(27)12-13-24(22)28-25/h5-15,17,25,28H,16H2,1-4H3. The fourth-order valence-corrected chi connectivity index (χ4v) is 4.48. The van der Waals surface area contributed by atoms with Crippen molar-refractivity contribution >= 4 is 17.3 Å². The van der Waals surface area contributed by atoms with E-state index in [4.69, 9.17) is 11.6 Å². The van der Waals surface area contributed by atoms with Crippen molar-refractivity contribution in [3.63, 3.8) is 0 Å². The normalized spacial score (nSPS) is 17.9. The highest BCUT2D eigenvalue weighted by Gasteiger charge is 2.36. The van der Waals surface area contributed by atoms with Crippen LogP contribution in [0.25, 0.3) is 11.1 Å². The smallest absolute Gasteiger partial charge is 0.0568 e. The molecule has 0 saturated heterocycles. The van der Waals surface area contributed by atoms with Crippen LogP contribution >= 0.6 is 11.6 Å². The Morgan fingerprint density at radius 2 is 1.68 bits per heavy atom. The second kappa shape index (κ2) is 7.29. The van der Waals surface area contributed by atoms with Gasteiger partial charge in [0.15, 0.2) is 0 Å². The van der Waals surface area contributed by atoms with Gasteiger partial charge in [-0.15, -0.1) is 0 Å². The molecule has 0 spiro atoms. The Labute approximate surface area is 173 Å². The predicted molar refractivity (Wildman–Crippen MR) is 121 cm³/mol. The highest BCUT2D eigenvalue weighted by Crippen LogP contribution is 2.45. The summed E-state index contributed by atoms with van der Waals surface area (Å²) in [4.78, 5) is 0. The number of fused-ring (bicyclic) bond motifs is 1. The van der Waals surface area contributed by atoms with Gasteiger partial charge in [-0.05, 0) is 69.8 Å². The summed E-state index contributed by atoms with van der Waals surface area (Å²) in [6.07, 6.45) is 1.01. The van der Waals surface area contributed by atoms with Crippen LogP contribution in [0.15, 0.2) is 66.7 Å². The van der Waals surface area contributed by atoms with Crippen molar-refractivity contribution < 1.29 is 0 Å². The molecule has 28 heavy (non-hydrogen) atoms. The van der Waals surface area contributed by atoms with Gasteiger partial charge in [-0.1, -0.05) is 81.8 Å². The Morgan fingerprint density at radius 1 is 0.929 bits per heavy atom. The maximum atomic E-state index is 6.21. The molecule has 1 atom stereocenters. The van der Waals surface area contributed by atoms with Gasteiger partial charge in [0.25, 0.3) is 0 Å². The van der Waals surface area contributed by atoms with Crippen molar-refractivity contribution in [2.45, 2.75) is 46.1 Å². The van der Waals surface area contributed by atoms with Gasteiger partial charge in [-0.3, -0.25) is 0 Å². The SMILES string of the molecule is CC(C)c1ccc(-c2cccc(C3Nc4ccc(Cl)cc4CC3(C)C)c2)cc1. The van der Waals surface area contributed by atoms with Gasteiger partial charge in [0.1, 0.15) is 0 Å². The van der Waals surface area contributed by atoms with Crippen molar-refractivity contribution in [1.29, 1.82) is 0 Å². The third-order valence-corrected chi connectivity index (χ3v) is 6.16. The van der Waals surface area contributed by atoms with E-state index < -0.39 is 0 Å². The maximum absolute atomic E-state index is 6.21. The monoisotopic (exact) mass is 389 g/mol. The Balaban J connectivity index is 1.68. The molecule has 0 aliphatic carbocycles. The first-order chi connectivity index (χ1) is 13.3. The minimum Gasteiger partial charge on any atom is -0.377 e. The summed E-state index contributed by atoms with van der Waals surface area (Å²) in [5.41, 5.74) is 7.84. The zero-order valence-electron chi connectivity index (χ0n) is 17.1. The molecule has 4 rings (SSSR count). The van der Waals surface area contributed by atoms with Crippen LogP contribution in [0.1, 0.15) is 56.3 Å². The fraction of sp³-hybridized carbons (Fsp3) is 0.308. The van der Waals surface area contributed by atoms with Gasteiger partial charge < -0.3 is 5.32 Å². The molecule has 3 aromatic carbocycles. The molecular formula is C26H28ClN. The lowest BCUT2D eigenvalue weighted by molar-refractivity contribution is 0.295. The molecule has 0 aromatic heterocycles. The molecule has 1 unspecified atom stereocenters. The first-order valence-electron chi connectivity index (χ1n) is 10.1. The minimum absolute atomic E-state index is 0.0950. The van der Waals surface area contributed by atoms with Crippen molar-refractivity contribution in [2.75, 3.05) is 5.32 Å². The molecule has 144 valence electrons. The lowest BCUT2D eigenvalue weighted by atomic mass is 9.72. The Kier molecular flexibility index (Phi) is 4.97. The van der Waals surface area contributed by atoms with Gasteiger partial charge in [-0.25, -0.2) is 0 Å². The average molecular weight is 390 g/mol. The number of hydrogen-bond acceptors (Lipinski definition) is 1. The number of nitrogens with one attached hydrogen (secondary N) is 1. The van der Waals surface area contributed by atoms with E-state index in [1.54, 1.807) is 0 Å². The molecule has 2 heteroatoms. The van der Waals surface area contributed by atoms with Gasteiger partial charge in [0, 0.05) is 10.7 Å². The fourth-order valence-electron chi connectivity index (χ4n) is 4.29. The molecule has 3 aromatic rings. The Morgan fingerprint density at radius 3 is 2.39 bits per heavy atom. The van der Waals surface area contributed by atoms with Crippen LogP contribution in [-0.4, -0.2) is 0 Å². The summed E-state index contributed by atoms with van der Waals surface area (Å²) in [6.45, 7) is 9.13. The maximum Gasteiger partial charge on any atom is 0.0568 e. The molecule has 0 bridgehead atoms. The van der Waals surface area contributed by atoms with Crippen LogP contribution in [0.4, 0.5) is 5.69 Å². The van der Waals surface area contributed by atoms with Crippen molar-refractivity contribution in [1.82, 2.24) is 0 Å². The van der Waals surface area contributed by atoms with Crippen LogP contribution in [-0.2, 0) is 6.42 Å². The van der Waals surface area contributed by atoms with E-state index in [0.29, 0.717) is 5.92 Å². The molecule has 0 saturated carbocycles. The van der Waals surface area contributed by atoms with E-state index in [9.17, 15) is 0 Å². The third kappa shape index (κ3) is 3.69. The number of rotatable bonds is 3. The molecular weight excluding hydrogens is 362 g/mol. The molecule has 0 amide bonds. The van der Waals surface area contributed by atoms with Gasteiger partial charge >= 0.3 is 0 Å². The van der Waals surface area contributed by atoms with Crippen LogP contribution < -0.4 is 5.32 Å². The molecule has 0 fully saturated rings. The van der Waals surface area contributed by atoms with E-state index >= 15 is 0 Å². The summed E-state index contributed by atoms with van der Waals surface area (Å²) in [7, 11) is 0. The first kappa shape index (κ1) is 19.1.